The Morgan fingerprint density at radius 1 is 1.13 bits per heavy atom. The lowest BCUT2D eigenvalue weighted by Gasteiger charge is -2.33. The summed E-state index contributed by atoms with van der Waals surface area (Å²) in [5.41, 5.74) is -0.975. The Kier molecular flexibility index (Phi) is 6.68. The van der Waals surface area contributed by atoms with Gasteiger partial charge in [0.1, 0.15) is 5.69 Å². The lowest BCUT2D eigenvalue weighted by atomic mass is 10.1. The first kappa shape index (κ1) is 23.2. The fraction of sp³-hybridized carbons (Fsp3) is 0.400. The summed E-state index contributed by atoms with van der Waals surface area (Å²) in [5.74, 6) is -0.676. The number of nitrogens with one attached hydrogen (secondary N) is 1. The summed E-state index contributed by atoms with van der Waals surface area (Å²) in [6, 6.07) is 7.59. The van der Waals surface area contributed by atoms with Crippen LogP contribution in [0.1, 0.15) is 28.7 Å². The van der Waals surface area contributed by atoms with Crippen LogP contribution in [0.4, 0.5) is 18.9 Å². The maximum atomic E-state index is 13.0. The van der Waals surface area contributed by atoms with E-state index in [1.165, 1.54) is 35.5 Å². The van der Waals surface area contributed by atoms with Crippen molar-refractivity contribution in [3.05, 3.63) is 53.3 Å². The predicted molar refractivity (Wildman–Crippen MR) is 109 cm³/mol. The van der Waals surface area contributed by atoms with Crippen molar-refractivity contribution in [3.63, 3.8) is 0 Å². The van der Waals surface area contributed by atoms with Gasteiger partial charge in [0.2, 0.25) is 10.0 Å². The lowest BCUT2D eigenvalue weighted by Crippen LogP contribution is -2.48. The van der Waals surface area contributed by atoms with Crippen molar-refractivity contribution in [1.82, 2.24) is 14.2 Å². The minimum atomic E-state index is -4.61. The number of amides is 1. The van der Waals surface area contributed by atoms with E-state index in [-0.39, 0.29) is 21.8 Å². The van der Waals surface area contributed by atoms with Gasteiger partial charge < -0.3 is 10.2 Å². The first-order valence-corrected chi connectivity index (χ1v) is 11.1. The van der Waals surface area contributed by atoms with Gasteiger partial charge in [0.25, 0.3) is 5.91 Å². The Balaban J connectivity index is 1.77. The normalized spacial score (nSPS) is 16.3. The average Bonchev–Trinajstić information content (AvgIpc) is 2.73. The van der Waals surface area contributed by atoms with Crippen molar-refractivity contribution >= 4 is 21.6 Å². The molecular formula is C20H23F3N4O3S. The molecule has 1 aliphatic heterocycles. The van der Waals surface area contributed by atoms with Crippen LogP contribution in [0.3, 0.4) is 0 Å². The number of benzene rings is 1. The molecule has 0 unspecified atom stereocenters. The van der Waals surface area contributed by atoms with Crippen LogP contribution in [0.15, 0.2) is 41.3 Å². The maximum absolute atomic E-state index is 13.0. The van der Waals surface area contributed by atoms with Crippen LogP contribution >= 0.6 is 0 Å². The lowest BCUT2D eigenvalue weighted by molar-refractivity contribution is -0.141. The zero-order valence-electron chi connectivity index (χ0n) is 17.1. The Labute approximate surface area is 178 Å². The van der Waals surface area contributed by atoms with Gasteiger partial charge >= 0.3 is 6.18 Å². The number of pyridine rings is 1. The second-order valence-corrected chi connectivity index (χ2v) is 9.09. The molecule has 7 nitrogen and oxygen atoms in total. The topological polar surface area (TPSA) is 82.6 Å². The van der Waals surface area contributed by atoms with E-state index in [4.69, 9.17) is 0 Å². The number of alkyl halides is 3. The van der Waals surface area contributed by atoms with Crippen LogP contribution in [0.25, 0.3) is 0 Å². The highest BCUT2D eigenvalue weighted by atomic mass is 32.2. The number of rotatable bonds is 5. The van der Waals surface area contributed by atoms with Crippen LogP contribution in [0, 0.1) is 6.92 Å². The fourth-order valence-corrected chi connectivity index (χ4v) is 4.80. The van der Waals surface area contributed by atoms with Gasteiger partial charge in [0, 0.05) is 31.9 Å². The molecule has 0 atom stereocenters. The van der Waals surface area contributed by atoms with Crippen molar-refractivity contribution in [1.29, 1.82) is 0 Å². The molecule has 2 aromatic rings. The molecule has 0 aliphatic carbocycles. The number of nitrogens with zero attached hydrogens (tertiary/aromatic N) is 3. The molecule has 31 heavy (non-hydrogen) atoms. The second-order valence-electron chi connectivity index (χ2n) is 7.15. The summed E-state index contributed by atoms with van der Waals surface area (Å²) in [6.07, 6.45) is -4.61. The minimum Gasteiger partial charge on any atom is -0.322 e. The molecule has 2 heterocycles. The molecule has 1 aliphatic rings. The smallest absolute Gasteiger partial charge is 0.322 e. The van der Waals surface area contributed by atoms with E-state index in [1.807, 2.05) is 6.92 Å². The molecule has 1 saturated heterocycles. The number of sulfonamides is 1. The standard InChI is InChI=1S/C20H23F3N4O3S/c1-3-26-9-11-27(12-10-26)31(29,30)16-6-4-5-15(13-16)25-19(28)17-7-8-18(20(21,22)23)24-14(17)2/h4-8,13H,3,9-12H2,1-2H3,(H,25,28). The number of carbonyl (C=O) groups excluding carboxylic acids is 1. The van der Waals surface area contributed by atoms with Gasteiger partial charge in [-0.15, -0.1) is 0 Å². The highest BCUT2D eigenvalue weighted by molar-refractivity contribution is 7.89. The van der Waals surface area contributed by atoms with Crippen molar-refractivity contribution < 1.29 is 26.4 Å². The highest BCUT2D eigenvalue weighted by Crippen LogP contribution is 2.28. The quantitative estimate of drug-likeness (QED) is 0.748. The Hall–Kier alpha value is -2.50. The van der Waals surface area contributed by atoms with E-state index < -0.39 is 27.8 Å². The zero-order chi connectivity index (χ0) is 22.8. The largest absolute Gasteiger partial charge is 0.433 e. The molecule has 1 fully saturated rings. The van der Waals surface area contributed by atoms with Gasteiger partial charge in [-0.25, -0.2) is 13.4 Å². The SMILES string of the molecule is CCN1CCN(S(=O)(=O)c2cccc(NC(=O)c3ccc(C(F)(F)F)nc3C)c2)CC1. The number of halogens is 3. The van der Waals surface area contributed by atoms with Crippen molar-refractivity contribution in [2.45, 2.75) is 24.9 Å². The molecular weight excluding hydrogens is 433 g/mol. The van der Waals surface area contributed by atoms with E-state index >= 15 is 0 Å². The molecule has 1 N–H and O–H groups in total. The van der Waals surface area contributed by atoms with E-state index in [9.17, 15) is 26.4 Å². The van der Waals surface area contributed by atoms with E-state index in [0.29, 0.717) is 26.2 Å². The molecule has 1 aromatic carbocycles. The second kappa shape index (κ2) is 8.93. The van der Waals surface area contributed by atoms with Crippen molar-refractivity contribution in [2.24, 2.45) is 0 Å². The van der Waals surface area contributed by atoms with Gasteiger partial charge in [0.15, 0.2) is 0 Å². The number of piperazine rings is 1. The number of aryl methyl sites for hydroxylation is 1. The third kappa shape index (κ3) is 5.23. The maximum Gasteiger partial charge on any atom is 0.433 e. The van der Waals surface area contributed by atoms with Crippen LogP contribution in [-0.2, 0) is 16.2 Å². The molecule has 11 heteroatoms. The van der Waals surface area contributed by atoms with E-state index in [2.05, 4.69) is 15.2 Å². The van der Waals surface area contributed by atoms with Gasteiger partial charge in [-0.05, 0) is 43.8 Å². The number of hydrogen-bond donors (Lipinski definition) is 1. The summed E-state index contributed by atoms with van der Waals surface area (Å²) < 4.78 is 65.6. The number of aromatic nitrogens is 1. The Bertz CT molecular complexity index is 1070. The van der Waals surface area contributed by atoms with Gasteiger partial charge in [-0.2, -0.15) is 17.5 Å². The van der Waals surface area contributed by atoms with Crippen LogP contribution in [-0.4, -0.2) is 61.2 Å². The molecule has 1 aromatic heterocycles. The summed E-state index contributed by atoms with van der Waals surface area (Å²) in [7, 11) is -3.73. The van der Waals surface area contributed by atoms with Crippen LogP contribution < -0.4 is 5.32 Å². The summed E-state index contributed by atoms with van der Waals surface area (Å²) in [5, 5.41) is 2.54. The van der Waals surface area contributed by atoms with Gasteiger partial charge in [-0.1, -0.05) is 13.0 Å². The van der Waals surface area contributed by atoms with Crippen molar-refractivity contribution in [2.75, 3.05) is 38.0 Å². The minimum absolute atomic E-state index is 0.0306. The summed E-state index contributed by atoms with van der Waals surface area (Å²) >= 11 is 0. The average molecular weight is 456 g/mol. The first-order chi connectivity index (χ1) is 14.5. The number of anilines is 1. The predicted octanol–water partition coefficient (Wildman–Crippen LogP) is 2.99. The van der Waals surface area contributed by atoms with Gasteiger partial charge in [0.05, 0.1) is 16.2 Å². The van der Waals surface area contributed by atoms with Gasteiger partial charge in [-0.3, -0.25) is 4.79 Å². The zero-order valence-corrected chi connectivity index (χ0v) is 17.9. The number of hydrogen-bond acceptors (Lipinski definition) is 5. The number of carbonyl (C=O) groups is 1. The molecule has 0 saturated carbocycles. The van der Waals surface area contributed by atoms with E-state index in [0.717, 1.165) is 18.7 Å². The summed E-state index contributed by atoms with van der Waals surface area (Å²) in [6.45, 7) is 6.23. The third-order valence-electron chi connectivity index (χ3n) is 5.13. The fourth-order valence-electron chi connectivity index (χ4n) is 3.33. The molecule has 3 rings (SSSR count). The van der Waals surface area contributed by atoms with Crippen LogP contribution in [0.5, 0.6) is 0 Å². The summed E-state index contributed by atoms with van der Waals surface area (Å²) in [4.78, 5) is 18.2. The third-order valence-corrected chi connectivity index (χ3v) is 7.02. The van der Waals surface area contributed by atoms with Crippen molar-refractivity contribution in [3.8, 4) is 0 Å². The Morgan fingerprint density at radius 2 is 1.81 bits per heavy atom. The first-order valence-electron chi connectivity index (χ1n) is 9.71. The van der Waals surface area contributed by atoms with E-state index in [1.54, 1.807) is 0 Å². The molecule has 0 radical (unpaired) electrons. The Morgan fingerprint density at radius 3 is 2.39 bits per heavy atom. The molecule has 1 amide bonds. The molecule has 0 spiro atoms. The monoisotopic (exact) mass is 456 g/mol. The number of likely N-dealkylation sites (N-methyl/N-ethyl adjacent to an activating group) is 1. The van der Waals surface area contributed by atoms with Crippen LogP contribution in [0.2, 0.25) is 0 Å². The molecule has 168 valence electrons. The highest BCUT2D eigenvalue weighted by Gasteiger charge is 2.33. The molecule has 0 bridgehead atoms.